The van der Waals surface area contributed by atoms with Crippen molar-refractivity contribution < 1.29 is 9.53 Å². The number of carbonyl (C=O) groups excluding carboxylic acids is 1. The predicted octanol–water partition coefficient (Wildman–Crippen LogP) is 6.10. The summed E-state index contributed by atoms with van der Waals surface area (Å²) >= 11 is 15.4. The predicted molar refractivity (Wildman–Crippen MR) is 116 cm³/mol. The van der Waals surface area contributed by atoms with Crippen molar-refractivity contribution in [3.05, 3.63) is 97.9 Å². The summed E-state index contributed by atoms with van der Waals surface area (Å²) in [6.45, 7) is 0.316. The fourth-order valence-electron chi connectivity index (χ4n) is 2.32. The van der Waals surface area contributed by atoms with Crippen LogP contribution in [0.15, 0.2) is 76.3 Å². The zero-order valence-corrected chi connectivity index (χ0v) is 17.6. The van der Waals surface area contributed by atoms with Crippen molar-refractivity contribution in [3.63, 3.8) is 0 Å². The lowest BCUT2D eigenvalue weighted by Crippen LogP contribution is -2.17. The Labute approximate surface area is 181 Å². The molecule has 1 amide bonds. The number of hydrogen-bond donors (Lipinski definition) is 1. The van der Waals surface area contributed by atoms with Gasteiger partial charge < -0.3 is 4.74 Å². The third-order valence-corrected chi connectivity index (χ3v) is 4.87. The van der Waals surface area contributed by atoms with Crippen molar-refractivity contribution in [1.29, 1.82) is 0 Å². The maximum Gasteiger partial charge on any atom is 0.271 e. The number of ether oxygens (including phenoxy) is 1. The van der Waals surface area contributed by atoms with E-state index < -0.39 is 0 Å². The quantitative estimate of drug-likeness (QED) is 0.344. The number of halogens is 3. The van der Waals surface area contributed by atoms with Crippen molar-refractivity contribution in [2.24, 2.45) is 5.10 Å². The molecule has 7 heteroatoms. The van der Waals surface area contributed by atoms with E-state index in [1.807, 2.05) is 30.3 Å². The Hall–Kier alpha value is -2.34. The van der Waals surface area contributed by atoms with Crippen LogP contribution in [-0.4, -0.2) is 12.1 Å². The lowest BCUT2D eigenvalue weighted by Gasteiger charge is -2.08. The summed E-state index contributed by atoms with van der Waals surface area (Å²) in [6, 6.07) is 19.7. The van der Waals surface area contributed by atoms with Crippen molar-refractivity contribution in [3.8, 4) is 5.75 Å². The molecule has 0 saturated carbocycles. The second kappa shape index (κ2) is 9.73. The molecule has 0 unspecified atom stereocenters. The molecule has 0 aliphatic rings. The largest absolute Gasteiger partial charge is 0.489 e. The molecule has 0 heterocycles. The van der Waals surface area contributed by atoms with Crippen molar-refractivity contribution >= 4 is 51.3 Å². The molecule has 3 aromatic carbocycles. The van der Waals surface area contributed by atoms with Gasteiger partial charge in [0.25, 0.3) is 5.91 Å². The summed E-state index contributed by atoms with van der Waals surface area (Å²) in [6.07, 6.45) is 1.55. The van der Waals surface area contributed by atoms with Crippen LogP contribution in [0.3, 0.4) is 0 Å². The number of rotatable bonds is 6. The van der Waals surface area contributed by atoms with Gasteiger partial charge in [-0.2, -0.15) is 5.10 Å². The minimum Gasteiger partial charge on any atom is -0.489 e. The molecule has 0 spiro atoms. The number of benzene rings is 3. The zero-order chi connectivity index (χ0) is 19.9. The van der Waals surface area contributed by atoms with Gasteiger partial charge in [-0.25, -0.2) is 5.43 Å². The summed E-state index contributed by atoms with van der Waals surface area (Å²) in [5, 5.41) is 5.13. The normalized spacial score (nSPS) is 10.8. The average Bonchev–Trinajstić information content (AvgIpc) is 2.68. The summed E-state index contributed by atoms with van der Waals surface area (Å²) < 4.78 is 6.69. The first-order valence-electron chi connectivity index (χ1n) is 8.27. The molecule has 1 N–H and O–H groups in total. The number of nitrogens with one attached hydrogen (secondary N) is 1. The van der Waals surface area contributed by atoms with Gasteiger partial charge in [-0.3, -0.25) is 4.79 Å². The first kappa shape index (κ1) is 20.4. The Kier molecular flexibility index (Phi) is 7.09. The third kappa shape index (κ3) is 5.83. The van der Waals surface area contributed by atoms with Crippen LogP contribution in [0.5, 0.6) is 5.75 Å². The molecule has 3 rings (SSSR count). The molecule has 0 radical (unpaired) electrons. The van der Waals surface area contributed by atoms with Gasteiger partial charge in [-0.05, 0) is 54.1 Å². The van der Waals surface area contributed by atoms with E-state index in [0.717, 1.165) is 15.6 Å². The van der Waals surface area contributed by atoms with E-state index in [9.17, 15) is 4.79 Å². The van der Waals surface area contributed by atoms with Gasteiger partial charge in [0.05, 0.1) is 6.21 Å². The van der Waals surface area contributed by atoms with E-state index >= 15 is 0 Å². The lowest BCUT2D eigenvalue weighted by molar-refractivity contribution is 0.0955. The summed E-state index contributed by atoms with van der Waals surface area (Å²) in [5.74, 6) is 0.378. The highest BCUT2D eigenvalue weighted by molar-refractivity contribution is 9.10. The topological polar surface area (TPSA) is 50.7 Å². The molecule has 0 saturated heterocycles. The summed E-state index contributed by atoms with van der Waals surface area (Å²) in [4.78, 5) is 12.0. The molecule has 0 aliphatic heterocycles. The highest BCUT2D eigenvalue weighted by atomic mass is 79.9. The van der Waals surface area contributed by atoms with Gasteiger partial charge in [0, 0.05) is 25.6 Å². The van der Waals surface area contributed by atoms with E-state index in [4.69, 9.17) is 27.9 Å². The van der Waals surface area contributed by atoms with Crippen molar-refractivity contribution in [2.75, 3.05) is 0 Å². The van der Waals surface area contributed by atoms with Gasteiger partial charge in [-0.15, -0.1) is 0 Å². The number of carbonyl (C=O) groups is 1. The molecule has 0 aromatic heterocycles. The Morgan fingerprint density at radius 2 is 1.86 bits per heavy atom. The van der Waals surface area contributed by atoms with Crippen LogP contribution in [0.2, 0.25) is 10.0 Å². The first-order valence-corrected chi connectivity index (χ1v) is 9.82. The Morgan fingerprint density at radius 1 is 1.07 bits per heavy atom. The Morgan fingerprint density at radius 3 is 2.61 bits per heavy atom. The second-order valence-corrected chi connectivity index (χ2v) is 7.56. The van der Waals surface area contributed by atoms with E-state index in [2.05, 4.69) is 26.5 Å². The molecule has 0 bridgehead atoms. The minimum atomic E-state index is -0.284. The van der Waals surface area contributed by atoms with Gasteiger partial charge in [0.15, 0.2) is 0 Å². The second-order valence-electron chi connectivity index (χ2n) is 5.80. The Balaban J connectivity index is 1.58. The lowest BCUT2D eigenvalue weighted by atomic mass is 10.2. The van der Waals surface area contributed by atoms with Gasteiger partial charge in [0.2, 0.25) is 0 Å². The molecule has 0 fully saturated rings. The summed E-state index contributed by atoms with van der Waals surface area (Å²) in [5.41, 5.74) is 4.65. The fraction of sp³-hybridized carbons (Fsp3) is 0.0476. The Bertz CT molecular complexity index is 1010. The molecule has 28 heavy (non-hydrogen) atoms. The van der Waals surface area contributed by atoms with Crippen molar-refractivity contribution in [2.45, 2.75) is 6.61 Å². The molecular formula is C21H15BrCl2N2O2. The van der Waals surface area contributed by atoms with Gasteiger partial charge in [-0.1, -0.05) is 57.3 Å². The SMILES string of the molecule is O=C(N/N=C\c1cccc(OCc2ccc(Cl)cc2Cl)c1)c1ccc(Br)cc1. The van der Waals surface area contributed by atoms with Crippen LogP contribution in [0, 0.1) is 0 Å². The molecule has 4 nitrogen and oxygen atoms in total. The molecule has 0 atom stereocenters. The van der Waals surface area contributed by atoms with Crippen LogP contribution in [-0.2, 0) is 6.61 Å². The first-order chi connectivity index (χ1) is 13.5. The van der Waals surface area contributed by atoms with E-state index in [-0.39, 0.29) is 5.91 Å². The number of amides is 1. The average molecular weight is 478 g/mol. The van der Waals surface area contributed by atoms with Gasteiger partial charge >= 0.3 is 0 Å². The monoisotopic (exact) mass is 476 g/mol. The van der Waals surface area contributed by atoms with Crippen LogP contribution in [0.1, 0.15) is 21.5 Å². The van der Waals surface area contributed by atoms with E-state index in [1.54, 1.807) is 42.6 Å². The number of nitrogens with zero attached hydrogens (tertiary/aromatic N) is 1. The number of hydrogen-bond acceptors (Lipinski definition) is 3. The standard InChI is InChI=1S/C21H15BrCl2N2O2/c22-17-7-4-15(5-8-17)21(27)26-25-12-14-2-1-3-19(10-14)28-13-16-6-9-18(23)11-20(16)24/h1-12H,13H2,(H,26,27)/b25-12-. The maximum absolute atomic E-state index is 12.0. The van der Waals surface area contributed by atoms with E-state index in [0.29, 0.717) is 28.0 Å². The number of hydrazone groups is 1. The molecule has 142 valence electrons. The molecule has 3 aromatic rings. The highest BCUT2D eigenvalue weighted by Crippen LogP contribution is 2.23. The maximum atomic E-state index is 12.0. The minimum absolute atomic E-state index is 0.284. The van der Waals surface area contributed by atoms with E-state index in [1.165, 1.54) is 0 Å². The fourth-order valence-corrected chi connectivity index (χ4v) is 3.04. The molecular weight excluding hydrogens is 463 g/mol. The summed E-state index contributed by atoms with van der Waals surface area (Å²) in [7, 11) is 0. The molecule has 0 aliphatic carbocycles. The van der Waals surface area contributed by atoms with Crippen LogP contribution in [0.4, 0.5) is 0 Å². The van der Waals surface area contributed by atoms with Gasteiger partial charge in [0.1, 0.15) is 12.4 Å². The third-order valence-electron chi connectivity index (χ3n) is 3.75. The van der Waals surface area contributed by atoms with Crippen molar-refractivity contribution in [1.82, 2.24) is 5.43 Å². The highest BCUT2D eigenvalue weighted by Gasteiger charge is 2.04. The smallest absolute Gasteiger partial charge is 0.271 e. The van der Waals surface area contributed by atoms with Crippen LogP contribution >= 0.6 is 39.1 Å². The van der Waals surface area contributed by atoms with Crippen LogP contribution in [0.25, 0.3) is 0 Å². The zero-order valence-electron chi connectivity index (χ0n) is 14.5. The van der Waals surface area contributed by atoms with Crippen LogP contribution < -0.4 is 10.2 Å².